The van der Waals surface area contributed by atoms with Crippen molar-refractivity contribution in [1.82, 2.24) is 47.9 Å². The Bertz CT molecular complexity index is 4470. The first-order valence-corrected chi connectivity index (χ1v) is 39.6. The zero-order chi connectivity index (χ0) is 85.0. The van der Waals surface area contributed by atoms with Gasteiger partial charge >= 0.3 is 5.97 Å². The van der Waals surface area contributed by atoms with Crippen molar-refractivity contribution >= 4 is 76.4 Å². The number of carboxylic acids is 1. The Morgan fingerprint density at radius 1 is 0.675 bits per heavy atom. The van der Waals surface area contributed by atoms with Crippen molar-refractivity contribution in [2.75, 3.05) is 26.7 Å². The van der Waals surface area contributed by atoms with E-state index in [4.69, 9.17) is 57.4 Å². The minimum absolute atomic E-state index is 0.107. The van der Waals surface area contributed by atoms with Gasteiger partial charge in [-0.15, -0.1) is 0 Å². The van der Waals surface area contributed by atoms with Crippen LogP contribution in [0.4, 0.5) is 0 Å². The lowest BCUT2D eigenvalue weighted by Crippen LogP contribution is -2.66. The standard InChI is InChI=1S/C80H102Cl2N10O25/c1-7-8-9-10-11-12-13-14-15-16-57(98)85-23-24-86-80(5)34-58(112-37(4)71(80)103)116-70-68(102)67(101)55(35-93)115-79(70)117-69-53-29-41-30-54(69)114-52-22-19-40(28-46(52)82)66(100)64-77(109)90-62(78(110)111)44-31-42(94)32-50(96)59(44)43-26-38(17-20-49(43)95)60(74(106)92-64)89-75(107)61(41)88-73(105)48(33-56(83)97)87-76(108)63(91-72(104)47(84-6)25-36(2)3)65(99)39-18-21-51(113-53)45(81)27-39/h17-22,26-32,36-37,47-48,55,58,60-68,70-71,79,84,86,93-96,99-103H,7-16,23-25,33-35H2,1-6H3,(H2,83,97)(H,85,98)(H,87,108)(H,88,105)(H,89,107)(H,90,109)(H,91,104)(H,92,106)(H,110,111)/t37-,47+,48?,55+,58-,60+,61+,62+,63+,64-,65+,66+,67+,68-,70+,71+,79-,80-/m0/s1. The molecule has 1 unspecified atom stereocenters. The van der Waals surface area contributed by atoms with E-state index in [1.165, 1.54) is 44.9 Å². The van der Waals surface area contributed by atoms with Crippen molar-refractivity contribution < 1.29 is 123 Å². The Balaban J connectivity index is 1.13. The quantitative estimate of drug-likeness (QED) is 0.0333. The van der Waals surface area contributed by atoms with Crippen LogP contribution in [0.1, 0.15) is 176 Å². The summed E-state index contributed by atoms with van der Waals surface area (Å²) in [4.78, 5) is 131. The third-order valence-electron chi connectivity index (χ3n) is 21.2. The van der Waals surface area contributed by atoms with E-state index >= 15 is 14.4 Å². The number of aliphatic carboxylic acids is 1. The van der Waals surface area contributed by atoms with Gasteiger partial charge in [-0.05, 0) is 117 Å². The van der Waals surface area contributed by atoms with Crippen molar-refractivity contribution in [3.8, 4) is 57.1 Å². The van der Waals surface area contributed by atoms with E-state index in [-0.39, 0.29) is 65.2 Å². The predicted molar refractivity (Wildman–Crippen MR) is 418 cm³/mol. The minimum atomic E-state index is -2.37. The van der Waals surface area contributed by atoms with Crippen molar-refractivity contribution in [3.63, 3.8) is 0 Å². The summed E-state index contributed by atoms with van der Waals surface area (Å²) in [5.41, 5.74) is 1.65. The van der Waals surface area contributed by atoms with Crippen LogP contribution in [0.5, 0.6) is 46.0 Å². The number of unbranched alkanes of at least 4 members (excludes halogenated alkanes) is 8. The molecule has 37 heteroatoms. The number of carbonyl (C=O) groups is 9. The number of benzene rings is 5. The molecular formula is C80H102Cl2N10O25. The number of carboxylic acid groups (broad SMARTS) is 1. The van der Waals surface area contributed by atoms with Gasteiger partial charge in [0.05, 0.1) is 41.3 Å². The second kappa shape index (κ2) is 39.7. The van der Waals surface area contributed by atoms with Crippen LogP contribution in [0.3, 0.4) is 0 Å². The Morgan fingerprint density at radius 2 is 1.28 bits per heavy atom. The van der Waals surface area contributed by atoms with Crippen LogP contribution >= 0.6 is 23.2 Å². The molecule has 11 bridgehead atoms. The number of nitrogens with two attached hydrogens (primary N) is 1. The van der Waals surface area contributed by atoms with Crippen LogP contribution in [0.25, 0.3) is 11.1 Å². The van der Waals surface area contributed by atoms with Crippen LogP contribution in [0, 0.1) is 5.92 Å². The average Bonchev–Trinajstić information content (AvgIpc) is 0.766. The molecule has 2 saturated heterocycles. The van der Waals surface area contributed by atoms with Crippen molar-refractivity contribution in [1.29, 1.82) is 0 Å². The highest BCUT2D eigenvalue weighted by atomic mass is 35.5. The number of phenolic OH excluding ortho intramolecular Hbond substituents is 3. The number of phenols is 3. The number of amides is 8. The van der Waals surface area contributed by atoms with E-state index in [1.54, 1.807) is 13.8 Å². The van der Waals surface area contributed by atoms with Gasteiger partial charge in [0, 0.05) is 54.2 Å². The minimum Gasteiger partial charge on any atom is -0.508 e. The molecule has 18 atom stereocenters. The van der Waals surface area contributed by atoms with Gasteiger partial charge in [-0.2, -0.15) is 0 Å². The molecule has 0 aromatic heterocycles. The Morgan fingerprint density at radius 3 is 1.89 bits per heavy atom. The van der Waals surface area contributed by atoms with Gasteiger partial charge in [0.2, 0.25) is 59.3 Å². The number of ether oxygens (including phenoxy) is 6. The highest BCUT2D eigenvalue weighted by Crippen LogP contribution is 2.50. The smallest absolute Gasteiger partial charge is 0.330 e. The third-order valence-corrected chi connectivity index (χ3v) is 21.8. The van der Waals surface area contributed by atoms with E-state index in [0.717, 1.165) is 92.4 Å². The lowest BCUT2D eigenvalue weighted by molar-refractivity contribution is -0.334. The molecule has 35 nitrogen and oxygen atoms in total. The Hall–Kier alpha value is -9.73. The number of hydrogen-bond donors (Lipinski definition) is 20. The van der Waals surface area contributed by atoms with Gasteiger partial charge in [-0.25, -0.2) is 4.79 Å². The molecular weight excluding hydrogens is 1570 g/mol. The zero-order valence-electron chi connectivity index (χ0n) is 65.1. The number of halogens is 2. The zero-order valence-corrected chi connectivity index (χ0v) is 66.7. The number of primary amides is 1. The molecule has 117 heavy (non-hydrogen) atoms. The lowest BCUT2D eigenvalue weighted by atomic mass is 9.85. The Kier molecular flexibility index (Phi) is 30.4. The number of carbonyl (C=O) groups excluding carboxylic acids is 8. The third kappa shape index (κ3) is 21.6. The monoisotopic (exact) mass is 1670 g/mol. The number of hydrogen-bond acceptors (Lipinski definition) is 26. The van der Waals surface area contributed by atoms with Gasteiger partial charge < -0.3 is 133 Å². The number of likely N-dealkylation sites (N-methyl/N-ethyl adjacent to an activating group) is 1. The van der Waals surface area contributed by atoms with Crippen molar-refractivity contribution in [3.05, 3.63) is 117 Å². The van der Waals surface area contributed by atoms with E-state index in [0.29, 0.717) is 12.8 Å². The van der Waals surface area contributed by atoms with Gasteiger partial charge in [0.15, 0.2) is 29.9 Å². The van der Waals surface area contributed by atoms with E-state index in [2.05, 4.69) is 54.8 Å². The molecule has 7 aliphatic rings. The Labute approximate surface area is 683 Å². The van der Waals surface area contributed by atoms with Crippen LogP contribution in [0.2, 0.25) is 10.0 Å². The van der Waals surface area contributed by atoms with Crippen LogP contribution in [-0.4, -0.2) is 210 Å². The molecule has 7 heterocycles. The average molecular weight is 1670 g/mol. The first kappa shape index (κ1) is 89.6. The normalized spacial score (nSPS) is 27.0. The van der Waals surface area contributed by atoms with Crippen LogP contribution < -0.4 is 67.8 Å². The van der Waals surface area contributed by atoms with E-state index in [9.17, 15) is 79.8 Å². The number of fused-ring (bicyclic) bond motifs is 15. The second-order valence-corrected chi connectivity index (χ2v) is 31.3. The molecule has 8 amide bonds. The van der Waals surface area contributed by atoms with Crippen LogP contribution in [-0.2, 0) is 57.4 Å². The summed E-state index contributed by atoms with van der Waals surface area (Å²) in [6, 6.07) is -0.699. The number of nitrogens with one attached hydrogen (secondary N) is 9. The number of rotatable bonds is 27. The first-order chi connectivity index (χ1) is 55.6. The summed E-state index contributed by atoms with van der Waals surface area (Å²) in [5, 5.41) is 139. The molecule has 0 spiro atoms. The molecule has 12 rings (SSSR count). The summed E-state index contributed by atoms with van der Waals surface area (Å²) in [6.45, 7) is 8.36. The summed E-state index contributed by atoms with van der Waals surface area (Å²) in [7, 11) is 1.48. The van der Waals surface area contributed by atoms with E-state index < -0.39 is 237 Å². The highest BCUT2D eigenvalue weighted by Gasteiger charge is 2.52. The van der Waals surface area contributed by atoms with Crippen LogP contribution in [0.15, 0.2) is 78.9 Å². The van der Waals surface area contributed by atoms with Crippen molar-refractivity contribution in [2.45, 2.75) is 227 Å². The summed E-state index contributed by atoms with van der Waals surface area (Å²) in [5.74, 6) is -16.2. The van der Waals surface area contributed by atoms with Gasteiger partial charge in [0.1, 0.15) is 89.5 Å². The predicted octanol–water partition coefficient (Wildman–Crippen LogP) is 3.77. The lowest BCUT2D eigenvalue weighted by Gasteiger charge is -2.48. The maximum absolute atomic E-state index is 16.2. The molecule has 2 fully saturated rings. The first-order valence-electron chi connectivity index (χ1n) is 38.8. The molecule has 5 aromatic rings. The molecule has 7 aliphatic heterocycles. The molecule has 636 valence electrons. The maximum Gasteiger partial charge on any atom is 0.330 e. The fraction of sp³-hybridized carbons (Fsp3) is 0.512. The fourth-order valence-electron chi connectivity index (χ4n) is 14.9. The topological polar surface area (TPSA) is 546 Å². The highest BCUT2D eigenvalue weighted by molar-refractivity contribution is 6.32. The molecule has 21 N–H and O–H groups in total. The number of aliphatic hydroxyl groups excluding tert-OH is 6. The summed E-state index contributed by atoms with van der Waals surface area (Å²) < 4.78 is 39.3. The SMILES string of the molecule is CCCCCCCCCCCC(=O)NCCN[C@@]1(C)C[C@H](O[C@H]2[C@H](Oc3c4cc5cc3Oc3ccc(cc3Cl)[C@@H](O)[C@@H](NC(=O)[C@@H](CC(C)C)NC)C(=O)NC(CC(N)=O)C(=O)N[C@H]5C(=O)N[C@H]3C(=O)N[C@H](C(=O)N[C@@H](C(=O)O)c5cc(O)cc(O)c5-c5cc3ccc5O)[C@H](O)c3ccc(c(Cl)c3)O4)O[C@H](CO)[C@@H](O)[C@@H]2O)O[C@@H](C)[C@H]1O. The largest absolute Gasteiger partial charge is 0.508 e. The van der Waals surface area contributed by atoms with Crippen molar-refractivity contribution in [2.24, 2.45) is 11.7 Å². The number of aliphatic hydroxyl groups is 6. The molecule has 0 aliphatic carbocycles. The number of aromatic hydroxyl groups is 3. The van der Waals surface area contributed by atoms with Gasteiger partial charge in [0.25, 0.3) is 0 Å². The van der Waals surface area contributed by atoms with E-state index in [1.807, 2.05) is 13.8 Å². The van der Waals surface area contributed by atoms with Gasteiger partial charge in [-0.1, -0.05) is 114 Å². The van der Waals surface area contributed by atoms with Gasteiger partial charge in [-0.3, -0.25) is 38.4 Å². The molecule has 0 radical (unpaired) electrons. The maximum atomic E-state index is 16.2. The molecule has 5 aromatic carbocycles. The fourth-order valence-corrected chi connectivity index (χ4v) is 15.3. The summed E-state index contributed by atoms with van der Waals surface area (Å²) in [6.07, 6.45) is -8.76. The second-order valence-electron chi connectivity index (χ2n) is 30.5. The summed E-state index contributed by atoms with van der Waals surface area (Å²) >= 11 is 14.3. The molecule has 0 saturated carbocycles.